The summed E-state index contributed by atoms with van der Waals surface area (Å²) in [5.74, 6) is 0. The van der Waals surface area contributed by atoms with Crippen molar-refractivity contribution in [1.29, 1.82) is 0 Å². The van der Waals surface area contributed by atoms with E-state index in [0.717, 1.165) is 0 Å². The van der Waals surface area contributed by atoms with Crippen LogP contribution in [0.25, 0.3) is 10.8 Å². The topological polar surface area (TPSA) is 0 Å². The third kappa shape index (κ3) is 10.9. The zero-order valence-electron chi connectivity index (χ0n) is 14.4. The van der Waals surface area contributed by atoms with Gasteiger partial charge in [0.25, 0.3) is 0 Å². The molecule has 0 nitrogen and oxygen atoms in total. The maximum absolute atomic E-state index is 3.25. The van der Waals surface area contributed by atoms with Crippen LogP contribution in [0.5, 0.6) is 0 Å². The van der Waals surface area contributed by atoms with Gasteiger partial charge < -0.3 is 38.7 Å². The summed E-state index contributed by atoms with van der Waals surface area (Å²) in [6.07, 6.45) is 0. The van der Waals surface area contributed by atoms with Crippen molar-refractivity contribution in [3.8, 4) is 0 Å². The number of aryl methyl sites for hydroxylation is 2. The van der Waals surface area contributed by atoms with Crippen LogP contribution in [0.4, 0.5) is 0 Å². The molecule has 0 aliphatic heterocycles. The van der Waals surface area contributed by atoms with Crippen molar-refractivity contribution in [3.63, 3.8) is 0 Å². The number of fused-ring (bicyclic) bond motifs is 1. The minimum atomic E-state index is 0. The molecule has 23 heavy (non-hydrogen) atoms. The van der Waals surface area contributed by atoms with Gasteiger partial charge in [0.05, 0.1) is 0 Å². The van der Waals surface area contributed by atoms with Gasteiger partial charge in [0, 0.05) is 0 Å². The van der Waals surface area contributed by atoms with Gasteiger partial charge in [-0.3, -0.25) is 0 Å². The summed E-state index contributed by atoms with van der Waals surface area (Å²) in [7, 11) is 0. The maximum Gasteiger partial charge on any atom is 4.00 e. The smallest absolute Gasteiger partial charge is 1.00 e. The molecule has 0 N–H and O–H groups in total. The Morgan fingerprint density at radius 2 is 1.22 bits per heavy atom. The van der Waals surface area contributed by atoms with Gasteiger partial charge in [-0.05, 0) is 6.92 Å². The third-order valence-corrected chi connectivity index (χ3v) is 2.80. The molecular formula is C20H26Cl2Zr-2. The molecule has 0 amide bonds. The molecule has 3 heteroatoms. The van der Waals surface area contributed by atoms with Crippen molar-refractivity contribution in [2.45, 2.75) is 27.7 Å². The molecule has 0 bridgehead atoms. The molecule has 3 aromatic rings. The Morgan fingerprint density at radius 3 is 1.61 bits per heavy atom. The first-order chi connectivity index (χ1) is 9.79. The van der Waals surface area contributed by atoms with E-state index in [2.05, 4.69) is 58.0 Å². The van der Waals surface area contributed by atoms with Gasteiger partial charge in [-0.1, -0.05) is 18.6 Å². The zero-order chi connectivity index (χ0) is 15.4. The van der Waals surface area contributed by atoms with E-state index in [1.54, 1.807) is 13.8 Å². The van der Waals surface area contributed by atoms with Gasteiger partial charge in [-0.15, -0.1) is 28.5 Å². The molecule has 3 rings (SSSR count). The Hall–Kier alpha value is -0.357. The predicted octanol–water partition coefficient (Wildman–Crippen LogP) is 0.267. The van der Waals surface area contributed by atoms with Crippen molar-refractivity contribution in [1.82, 2.24) is 0 Å². The SMILES string of the molecule is Cc1ccc(C)c2[cH-]ccc12.[CH2-]C.[CH2-]C.[Cl-].[Cl-].[Zr+4].c1cc[cH-]c1. The van der Waals surface area contributed by atoms with E-state index in [9.17, 15) is 0 Å². The monoisotopic (exact) mass is 426 g/mol. The van der Waals surface area contributed by atoms with Crippen LogP contribution in [0.1, 0.15) is 25.0 Å². The Kier molecular flexibility index (Phi) is 26.1. The molecule has 126 valence electrons. The summed E-state index contributed by atoms with van der Waals surface area (Å²) in [6, 6.07) is 20.8. The molecule has 0 spiro atoms. The Balaban J connectivity index is -0.000000130. The predicted molar refractivity (Wildman–Crippen MR) is 93.1 cm³/mol. The van der Waals surface area contributed by atoms with Gasteiger partial charge >= 0.3 is 26.2 Å². The quantitative estimate of drug-likeness (QED) is 0.451. The fourth-order valence-corrected chi connectivity index (χ4v) is 1.86. The van der Waals surface area contributed by atoms with Crippen molar-refractivity contribution < 1.29 is 51.0 Å². The minimum absolute atomic E-state index is 0. The largest absolute Gasteiger partial charge is 4.00 e. The van der Waals surface area contributed by atoms with Gasteiger partial charge in [-0.25, -0.2) is 12.1 Å². The van der Waals surface area contributed by atoms with Crippen LogP contribution in [-0.2, 0) is 26.2 Å². The third-order valence-electron chi connectivity index (χ3n) is 2.80. The molecule has 0 heterocycles. The maximum atomic E-state index is 3.25. The fraction of sp³-hybridized carbons (Fsp3) is 0.200. The van der Waals surface area contributed by atoms with Crippen LogP contribution in [0, 0.1) is 27.7 Å². The first-order valence-electron chi connectivity index (χ1n) is 6.99. The summed E-state index contributed by atoms with van der Waals surface area (Å²) >= 11 is 0. The molecule has 0 saturated carbocycles. The molecule has 0 saturated heterocycles. The molecule has 0 unspecified atom stereocenters. The Labute approximate surface area is 174 Å². The van der Waals surface area contributed by atoms with Crippen LogP contribution in [0.15, 0.2) is 60.7 Å². The molecule has 0 radical (unpaired) electrons. The zero-order valence-corrected chi connectivity index (χ0v) is 18.4. The summed E-state index contributed by atoms with van der Waals surface area (Å²) < 4.78 is 0. The van der Waals surface area contributed by atoms with Gasteiger partial charge in [0.1, 0.15) is 0 Å². The number of rotatable bonds is 0. The van der Waals surface area contributed by atoms with Crippen LogP contribution < -0.4 is 24.8 Å². The first-order valence-corrected chi connectivity index (χ1v) is 6.99. The van der Waals surface area contributed by atoms with E-state index in [4.69, 9.17) is 0 Å². The molecule has 0 fully saturated rings. The first kappa shape index (κ1) is 30.5. The summed E-state index contributed by atoms with van der Waals surface area (Å²) in [4.78, 5) is 0. The summed E-state index contributed by atoms with van der Waals surface area (Å²) in [6.45, 7) is 14.3. The van der Waals surface area contributed by atoms with Crippen molar-refractivity contribution in [2.24, 2.45) is 0 Å². The average molecular weight is 429 g/mol. The number of halogens is 2. The van der Waals surface area contributed by atoms with E-state index in [1.807, 2.05) is 30.3 Å². The fourth-order valence-electron chi connectivity index (χ4n) is 1.86. The summed E-state index contributed by atoms with van der Waals surface area (Å²) in [5, 5.41) is 2.79. The van der Waals surface area contributed by atoms with E-state index in [0.29, 0.717) is 0 Å². The van der Waals surface area contributed by atoms with E-state index < -0.39 is 0 Å². The molecule has 0 aromatic heterocycles. The molecule has 0 atom stereocenters. The van der Waals surface area contributed by atoms with E-state index in [1.165, 1.54) is 21.9 Å². The second kappa shape index (κ2) is 19.7. The Morgan fingerprint density at radius 1 is 0.739 bits per heavy atom. The van der Waals surface area contributed by atoms with Gasteiger partial charge in [0.2, 0.25) is 0 Å². The molecule has 0 aliphatic carbocycles. The van der Waals surface area contributed by atoms with Crippen molar-refractivity contribution in [3.05, 3.63) is 85.6 Å². The van der Waals surface area contributed by atoms with Crippen molar-refractivity contribution >= 4 is 10.8 Å². The number of benzene rings is 1. The van der Waals surface area contributed by atoms with Crippen molar-refractivity contribution in [2.75, 3.05) is 0 Å². The Bertz CT molecular complexity index is 501. The number of hydrogen-bond donors (Lipinski definition) is 0. The second-order valence-electron chi connectivity index (χ2n) is 4.01. The van der Waals surface area contributed by atoms with Crippen LogP contribution in [0.3, 0.4) is 0 Å². The van der Waals surface area contributed by atoms with Crippen LogP contribution in [0.2, 0.25) is 0 Å². The minimum Gasteiger partial charge on any atom is -1.00 e. The average Bonchev–Trinajstić information content (AvgIpc) is 3.21. The normalized spacial score (nSPS) is 7.39. The number of hydrogen-bond acceptors (Lipinski definition) is 0. The van der Waals surface area contributed by atoms with Gasteiger partial charge in [0.15, 0.2) is 0 Å². The van der Waals surface area contributed by atoms with Crippen LogP contribution >= 0.6 is 0 Å². The van der Waals surface area contributed by atoms with E-state index >= 15 is 0 Å². The van der Waals surface area contributed by atoms with E-state index in [-0.39, 0.29) is 51.0 Å². The molecule has 0 aliphatic rings. The van der Waals surface area contributed by atoms with Crippen LogP contribution in [-0.4, -0.2) is 0 Å². The second-order valence-corrected chi connectivity index (χ2v) is 4.01. The molecular weight excluding hydrogens is 402 g/mol. The summed E-state index contributed by atoms with van der Waals surface area (Å²) in [5.41, 5.74) is 2.74. The standard InChI is InChI=1S/C11H11.C5H5.2C2H5.2ClH.Zr/c1-8-6-7-9(2)11-5-3-4-10(8)11;1-2-4-5-3-1;2*1-2;;;/h3-7H,1-2H3;1-5H;2*1H2,2H3;2*1H;/q4*-1;;;+4/p-2. The van der Waals surface area contributed by atoms with Gasteiger partial charge in [-0.2, -0.15) is 44.2 Å². The molecule has 3 aromatic carbocycles.